The Kier molecular flexibility index (Phi) is 5.31. The molecule has 1 amide bonds. The number of amides is 1. The Morgan fingerprint density at radius 2 is 2.10 bits per heavy atom. The zero-order valence-corrected chi connectivity index (χ0v) is 13.2. The van der Waals surface area contributed by atoms with Gasteiger partial charge in [-0.25, -0.2) is 9.78 Å². The molecule has 0 aliphatic heterocycles. The fourth-order valence-corrected chi connectivity index (χ4v) is 1.80. The molecule has 0 spiro atoms. The first-order chi connectivity index (χ1) is 9.28. The SMILES string of the molecule is CC=C(CC)c1ccnc(N(C)C(=O)OC(C)(C)C)c1. The van der Waals surface area contributed by atoms with E-state index >= 15 is 0 Å². The van der Waals surface area contributed by atoms with Gasteiger partial charge in [0.25, 0.3) is 0 Å². The number of hydrogen-bond donors (Lipinski definition) is 0. The predicted molar refractivity (Wildman–Crippen MR) is 82.8 cm³/mol. The maximum Gasteiger partial charge on any atom is 0.415 e. The van der Waals surface area contributed by atoms with Crippen LogP contribution in [-0.2, 0) is 4.74 Å². The molecule has 0 fully saturated rings. The molecule has 0 unspecified atom stereocenters. The standard InChI is InChI=1S/C16H24N2O2/c1-7-12(8-2)13-9-10-17-14(11-13)18(6)15(19)20-16(3,4)5/h7,9-11H,8H2,1-6H3. The van der Waals surface area contributed by atoms with Crippen LogP contribution in [0.15, 0.2) is 24.4 Å². The van der Waals surface area contributed by atoms with E-state index in [-0.39, 0.29) is 0 Å². The number of carbonyl (C=O) groups is 1. The Balaban J connectivity index is 2.97. The van der Waals surface area contributed by atoms with Crippen LogP contribution in [0.25, 0.3) is 5.57 Å². The molecule has 0 aliphatic rings. The van der Waals surface area contributed by atoms with Crippen molar-refractivity contribution in [2.75, 3.05) is 11.9 Å². The summed E-state index contributed by atoms with van der Waals surface area (Å²) in [7, 11) is 1.67. The summed E-state index contributed by atoms with van der Waals surface area (Å²) >= 11 is 0. The second kappa shape index (κ2) is 6.55. The van der Waals surface area contributed by atoms with Gasteiger partial charge in [-0.2, -0.15) is 0 Å². The summed E-state index contributed by atoms with van der Waals surface area (Å²) in [6.07, 6.45) is 4.33. The highest BCUT2D eigenvalue weighted by atomic mass is 16.6. The van der Waals surface area contributed by atoms with E-state index in [1.165, 1.54) is 10.5 Å². The van der Waals surface area contributed by atoms with E-state index in [1.54, 1.807) is 13.2 Å². The van der Waals surface area contributed by atoms with Crippen molar-refractivity contribution in [3.63, 3.8) is 0 Å². The van der Waals surface area contributed by atoms with Crippen molar-refractivity contribution >= 4 is 17.5 Å². The second-order valence-electron chi connectivity index (χ2n) is 5.61. The van der Waals surface area contributed by atoms with Crippen molar-refractivity contribution in [3.8, 4) is 0 Å². The Labute approximate surface area is 121 Å². The maximum absolute atomic E-state index is 12.0. The largest absolute Gasteiger partial charge is 0.443 e. The van der Waals surface area contributed by atoms with Gasteiger partial charge >= 0.3 is 6.09 Å². The number of nitrogens with zero attached hydrogens (tertiary/aromatic N) is 2. The monoisotopic (exact) mass is 276 g/mol. The number of allylic oxidation sites excluding steroid dienone is 2. The van der Waals surface area contributed by atoms with Crippen LogP contribution in [0.4, 0.5) is 10.6 Å². The average Bonchev–Trinajstić information content (AvgIpc) is 2.37. The Hall–Kier alpha value is -1.84. The molecular weight excluding hydrogens is 252 g/mol. The predicted octanol–water partition coefficient (Wildman–Crippen LogP) is 4.27. The summed E-state index contributed by atoms with van der Waals surface area (Å²) in [4.78, 5) is 17.7. The van der Waals surface area contributed by atoms with E-state index in [1.807, 2.05) is 39.8 Å². The van der Waals surface area contributed by atoms with Gasteiger partial charge in [0.1, 0.15) is 11.4 Å². The highest BCUT2D eigenvalue weighted by Crippen LogP contribution is 2.22. The molecule has 0 saturated heterocycles. The van der Waals surface area contributed by atoms with Gasteiger partial charge in [0.2, 0.25) is 0 Å². The molecule has 20 heavy (non-hydrogen) atoms. The second-order valence-corrected chi connectivity index (χ2v) is 5.61. The molecule has 0 aliphatic carbocycles. The minimum Gasteiger partial charge on any atom is -0.443 e. The van der Waals surface area contributed by atoms with E-state index in [2.05, 4.69) is 18.0 Å². The lowest BCUT2D eigenvalue weighted by Crippen LogP contribution is -2.34. The number of carbonyl (C=O) groups excluding carboxylic acids is 1. The minimum atomic E-state index is -0.513. The number of anilines is 1. The van der Waals surface area contributed by atoms with Crippen molar-refractivity contribution in [2.45, 2.75) is 46.6 Å². The highest BCUT2D eigenvalue weighted by Gasteiger charge is 2.21. The minimum absolute atomic E-state index is 0.402. The summed E-state index contributed by atoms with van der Waals surface area (Å²) in [5.41, 5.74) is 1.79. The molecule has 0 aromatic carbocycles. The van der Waals surface area contributed by atoms with Gasteiger partial charge in [0.05, 0.1) is 0 Å². The van der Waals surface area contributed by atoms with E-state index < -0.39 is 11.7 Å². The molecule has 0 saturated carbocycles. The number of pyridine rings is 1. The fraction of sp³-hybridized carbons (Fsp3) is 0.500. The Morgan fingerprint density at radius 1 is 1.45 bits per heavy atom. The van der Waals surface area contributed by atoms with Crippen LogP contribution in [0.3, 0.4) is 0 Å². The van der Waals surface area contributed by atoms with Gasteiger partial charge in [0, 0.05) is 13.2 Å². The zero-order chi connectivity index (χ0) is 15.3. The van der Waals surface area contributed by atoms with Crippen LogP contribution < -0.4 is 4.90 Å². The molecule has 1 aromatic rings. The molecule has 0 bridgehead atoms. The van der Waals surface area contributed by atoms with Crippen LogP contribution in [0.2, 0.25) is 0 Å². The third kappa shape index (κ3) is 4.37. The zero-order valence-electron chi connectivity index (χ0n) is 13.2. The first kappa shape index (κ1) is 16.2. The molecule has 4 heteroatoms. The first-order valence-electron chi connectivity index (χ1n) is 6.86. The summed E-state index contributed by atoms with van der Waals surface area (Å²) in [5, 5.41) is 0. The third-order valence-corrected chi connectivity index (χ3v) is 2.86. The number of rotatable bonds is 3. The molecule has 0 atom stereocenters. The van der Waals surface area contributed by atoms with Crippen molar-refractivity contribution in [1.29, 1.82) is 0 Å². The molecule has 1 rings (SSSR count). The topological polar surface area (TPSA) is 42.4 Å². The van der Waals surface area contributed by atoms with E-state index in [0.717, 1.165) is 12.0 Å². The summed E-state index contributed by atoms with van der Waals surface area (Å²) in [5.74, 6) is 0.588. The number of aromatic nitrogens is 1. The van der Waals surface area contributed by atoms with Gasteiger partial charge < -0.3 is 4.74 Å². The van der Waals surface area contributed by atoms with E-state index in [9.17, 15) is 4.79 Å². The lowest BCUT2D eigenvalue weighted by molar-refractivity contribution is 0.0588. The van der Waals surface area contributed by atoms with Crippen molar-refractivity contribution in [2.24, 2.45) is 0 Å². The van der Waals surface area contributed by atoms with Crippen LogP contribution in [0.1, 0.15) is 46.6 Å². The molecule has 1 heterocycles. The molecule has 0 N–H and O–H groups in total. The number of hydrogen-bond acceptors (Lipinski definition) is 3. The van der Waals surface area contributed by atoms with E-state index in [4.69, 9.17) is 4.74 Å². The van der Waals surface area contributed by atoms with Gasteiger partial charge in [-0.05, 0) is 57.4 Å². The summed E-state index contributed by atoms with van der Waals surface area (Å²) < 4.78 is 5.34. The fourth-order valence-electron chi connectivity index (χ4n) is 1.80. The quantitative estimate of drug-likeness (QED) is 0.828. The van der Waals surface area contributed by atoms with Gasteiger partial charge in [0.15, 0.2) is 0 Å². The Bertz CT molecular complexity index is 501. The molecule has 0 radical (unpaired) electrons. The third-order valence-electron chi connectivity index (χ3n) is 2.86. The number of ether oxygens (including phenoxy) is 1. The summed E-state index contributed by atoms with van der Waals surface area (Å²) in [6, 6.07) is 3.86. The van der Waals surface area contributed by atoms with Crippen LogP contribution >= 0.6 is 0 Å². The smallest absolute Gasteiger partial charge is 0.415 e. The molecule has 4 nitrogen and oxygen atoms in total. The van der Waals surface area contributed by atoms with Crippen LogP contribution in [0, 0.1) is 0 Å². The molecule has 1 aromatic heterocycles. The molecule has 110 valence electrons. The normalized spacial score (nSPS) is 12.2. The van der Waals surface area contributed by atoms with Gasteiger partial charge in [-0.1, -0.05) is 13.0 Å². The van der Waals surface area contributed by atoms with Crippen molar-refractivity contribution in [1.82, 2.24) is 4.98 Å². The average molecular weight is 276 g/mol. The van der Waals surface area contributed by atoms with Crippen molar-refractivity contribution < 1.29 is 9.53 Å². The van der Waals surface area contributed by atoms with E-state index in [0.29, 0.717) is 5.82 Å². The van der Waals surface area contributed by atoms with Gasteiger partial charge in [-0.3, -0.25) is 4.90 Å². The van der Waals surface area contributed by atoms with Gasteiger partial charge in [-0.15, -0.1) is 0 Å². The molecular formula is C16H24N2O2. The Morgan fingerprint density at radius 3 is 2.60 bits per heavy atom. The van der Waals surface area contributed by atoms with Crippen molar-refractivity contribution in [3.05, 3.63) is 30.0 Å². The lowest BCUT2D eigenvalue weighted by Gasteiger charge is -2.24. The van der Waals surface area contributed by atoms with Crippen LogP contribution in [-0.4, -0.2) is 23.7 Å². The summed E-state index contributed by atoms with van der Waals surface area (Å²) in [6.45, 7) is 9.65. The first-order valence-corrected chi connectivity index (χ1v) is 6.86. The highest BCUT2D eigenvalue weighted by molar-refractivity contribution is 5.86. The maximum atomic E-state index is 12.0. The lowest BCUT2D eigenvalue weighted by atomic mass is 10.0. The van der Waals surface area contributed by atoms with Crippen LogP contribution in [0.5, 0.6) is 0 Å².